The van der Waals surface area contributed by atoms with Gasteiger partial charge in [-0.25, -0.2) is 0 Å². The monoisotopic (exact) mass is 376 g/mol. The van der Waals surface area contributed by atoms with E-state index in [0.717, 1.165) is 16.7 Å². The van der Waals surface area contributed by atoms with Crippen molar-refractivity contribution >= 4 is 29.5 Å². The van der Waals surface area contributed by atoms with Crippen molar-refractivity contribution in [3.63, 3.8) is 0 Å². The van der Waals surface area contributed by atoms with E-state index in [1.165, 1.54) is 6.08 Å². The Kier molecular flexibility index (Phi) is 5.73. The zero-order chi connectivity index (χ0) is 20.1. The van der Waals surface area contributed by atoms with Crippen molar-refractivity contribution in [1.29, 1.82) is 0 Å². The van der Waals surface area contributed by atoms with E-state index in [1.54, 1.807) is 18.2 Å². The summed E-state index contributed by atoms with van der Waals surface area (Å²) in [6.07, 6.45) is 4.71. The number of aryl methyl sites for hydroxylation is 1. The van der Waals surface area contributed by atoms with Crippen LogP contribution in [0.4, 0.5) is 5.69 Å². The standard InChI is InChI=1S/C23H24N2O3/c1-3-23(14-13-21(27)25-22(23)28)18-8-10-19(11-9-18)24-20(26)12-7-17-6-4-5-16(2)15-17/h4-12,15H,3,13-14H2,1-2H3,(H,24,26)(H,25,27,28)/b12-7+. The summed E-state index contributed by atoms with van der Waals surface area (Å²) in [5.41, 5.74) is 2.92. The van der Waals surface area contributed by atoms with Gasteiger partial charge < -0.3 is 5.32 Å². The lowest BCUT2D eigenvalue weighted by Crippen LogP contribution is -2.51. The topological polar surface area (TPSA) is 75.3 Å². The number of imide groups is 1. The Hall–Kier alpha value is -3.21. The summed E-state index contributed by atoms with van der Waals surface area (Å²) in [4.78, 5) is 36.1. The Morgan fingerprint density at radius 1 is 1.18 bits per heavy atom. The van der Waals surface area contributed by atoms with Crippen LogP contribution in [0.2, 0.25) is 0 Å². The third-order valence-corrected chi connectivity index (χ3v) is 5.24. The smallest absolute Gasteiger partial charge is 0.248 e. The summed E-state index contributed by atoms with van der Waals surface area (Å²) >= 11 is 0. The van der Waals surface area contributed by atoms with E-state index >= 15 is 0 Å². The quantitative estimate of drug-likeness (QED) is 0.617. The highest BCUT2D eigenvalue weighted by Crippen LogP contribution is 2.36. The maximum absolute atomic E-state index is 12.5. The molecule has 2 N–H and O–H groups in total. The second-order valence-electron chi connectivity index (χ2n) is 7.13. The van der Waals surface area contributed by atoms with E-state index in [4.69, 9.17) is 0 Å². The number of hydrogen-bond acceptors (Lipinski definition) is 3. The van der Waals surface area contributed by atoms with Crippen LogP contribution < -0.4 is 10.6 Å². The number of benzene rings is 2. The molecule has 1 atom stereocenters. The van der Waals surface area contributed by atoms with Gasteiger partial charge in [0.15, 0.2) is 0 Å². The zero-order valence-electron chi connectivity index (χ0n) is 16.1. The largest absolute Gasteiger partial charge is 0.323 e. The lowest BCUT2D eigenvalue weighted by atomic mass is 9.72. The van der Waals surface area contributed by atoms with Crippen LogP contribution in [0.1, 0.15) is 42.9 Å². The Labute approximate surface area is 164 Å². The van der Waals surface area contributed by atoms with Gasteiger partial charge in [0.25, 0.3) is 0 Å². The maximum Gasteiger partial charge on any atom is 0.248 e. The molecule has 28 heavy (non-hydrogen) atoms. The molecular weight excluding hydrogens is 352 g/mol. The van der Waals surface area contributed by atoms with Gasteiger partial charge >= 0.3 is 0 Å². The Balaban J connectivity index is 1.69. The summed E-state index contributed by atoms with van der Waals surface area (Å²) in [6, 6.07) is 15.2. The minimum Gasteiger partial charge on any atom is -0.323 e. The van der Waals surface area contributed by atoms with Crippen molar-refractivity contribution in [3.05, 3.63) is 71.3 Å². The van der Waals surface area contributed by atoms with Crippen LogP contribution in [0.25, 0.3) is 6.08 Å². The van der Waals surface area contributed by atoms with Crippen molar-refractivity contribution in [2.45, 2.75) is 38.5 Å². The fourth-order valence-corrected chi connectivity index (χ4v) is 3.57. The highest BCUT2D eigenvalue weighted by Gasteiger charge is 2.42. The van der Waals surface area contributed by atoms with E-state index in [-0.39, 0.29) is 17.7 Å². The van der Waals surface area contributed by atoms with E-state index in [2.05, 4.69) is 10.6 Å². The van der Waals surface area contributed by atoms with Crippen molar-refractivity contribution in [2.24, 2.45) is 0 Å². The third kappa shape index (κ3) is 4.19. The highest BCUT2D eigenvalue weighted by atomic mass is 16.2. The molecule has 1 saturated heterocycles. The van der Waals surface area contributed by atoms with Crippen LogP contribution in [0.15, 0.2) is 54.6 Å². The molecule has 1 fully saturated rings. The third-order valence-electron chi connectivity index (χ3n) is 5.24. The Morgan fingerprint density at radius 3 is 2.57 bits per heavy atom. The van der Waals surface area contributed by atoms with Gasteiger partial charge in [0, 0.05) is 18.2 Å². The number of nitrogens with one attached hydrogen (secondary N) is 2. The van der Waals surface area contributed by atoms with Crippen molar-refractivity contribution < 1.29 is 14.4 Å². The molecule has 5 heteroatoms. The number of hydrogen-bond donors (Lipinski definition) is 2. The van der Waals surface area contributed by atoms with Crippen LogP contribution in [0, 0.1) is 6.92 Å². The van der Waals surface area contributed by atoms with Gasteiger partial charge in [0.2, 0.25) is 17.7 Å². The predicted octanol–water partition coefficient (Wildman–Crippen LogP) is 3.73. The molecule has 2 aromatic carbocycles. The highest BCUT2D eigenvalue weighted by molar-refractivity contribution is 6.04. The van der Waals surface area contributed by atoms with Crippen LogP contribution in [-0.4, -0.2) is 17.7 Å². The summed E-state index contributed by atoms with van der Waals surface area (Å²) < 4.78 is 0. The summed E-state index contributed by atoms with van der Waals surface area (Å²) in [6.45, 7) is 3.95. The zero-order valence-corrected chi connectivity index (χ0v) is 16.1. The van der Waals surface area contributed by atoms with E-state index in [1.807, 2.05) is 50.2 Å². The van der Waals surface area contributed by atoms with Crippen LogP contribution >= 0.6 is 0 Å². The molecular formula is C23H24N2O3. The van der Waals surface area contributed by atoms with Crippen LogP contribution in [0.3, 0.4) is 0 Å². The maximum atomic E-state index is 12.5. The molecule has 5 nitrogen and oxygen atoms in total. The van der Waals surface area contributed by atoms with E-state index < -0.39 is 5.41 Å². The fraction of sp³-hybridized carbons (Fsp3) is 0.261. The molecule has 0 bridgehead atoms. The van der Waals surface area contributed by atoms with Crippen LogP contribution in [-0.2, 0) is 19.8 Å². The van der Waals surface area contributed by atoms with Crippen LogP contribution in [0.5, 0.6) is 0 Å². The van der Waals surface area contributed by atoms with Crippen molar-refractivity contribution in [1.82, 2.24) is 5.32 Å². The second-order valence-corrected chi connectivity index (χ2v) is 7.13. The van der Waals surface area contributed by atoms with Gasteiger partial charge in [-0.15, -0.1) is 0 Å². The van der Waals surface area contributed by atoms with Gasteiger partial charge in [-0.05, 0) is 49.1 Å². The molecule has 144 valence electrons. The SMILES string of the molecule is CCC1(c2ccc(NC(=O)/C=C/c3cccc(C)c3)cc2)CCC(=O)NC1=O. The number of carbonyl (C=O) groups is 3. The van der Waals surface area contributed by atoms with Gasteiger partial charge in [-0.3, -0.25) is 19.7 Å². The van der Waals surface area contributed by atoms with Gasteiger partial charge in [0.1, 0.15) is 0 Å². The van der Waals surface area contributed by atoms with E-state index in [0.29, 0.717) is 24.9 Å². The summed E-state index contributed by atoms with van der Waals surface area (Å²) in [5, 5.41) is 5.27. The van der Waals surface area contributed by atoms with Crippen molar-refractivity contribution in [2.75, 3.05) is 5.32 Å². The molecule has 0 spiro atoms. The molecule has 1 aliphatic rings. The number of piperidine rings is 1. The summed E-state index contributed by atoms with van der Waals surface area (Å²) in [7, 11) is 0. The molecule has 1 aliphatic heterocycles. The molecule has 3 amide bonds. The normalized spacial score (nSPS) is 19.5. The average Bonchev–Trinajstić information content (AvgIpc) is 2.68. The molecule has 1 heterocycles. The predicted molar refractivity (Wildman–Crippen MR) is 110 cm³/mol. The first-order valence-corrected chi connectivity index (χ1v) is 9.43. The fourth-order valence-electron chi connectivity index (χ4n) is 3.57. The average molecular weight is 376 g/mol. The molecule has 0 aromatic heterocycles. The minimum absolute atomic E-state index is 0.222. The Bertz CT molecular complexity index is 931. The summed E-state index contributed by atoms with van der Waals surface area (Å²) in [5.74, 6) is -0.692. The molecule has 2 aromatic rings. The lowest BCUT2D eigenvalue weighted by molar-refractivity contribution is -0.138. The van der Waals surface area contributed by atoms with Crippen molar-refractivity contribution in [3.8, 4) is 0 Å². The second kappa shape index (κ2) is 8.21. The molecule has 0 aliphatic carbocycles. The number of anilines is 1. The number of carbonyl (C=O) groups excluding carboxylic acids is 3. The number of rotatable bonds is 5. The van der Waals surface area contributed by atoms with Gasteiger partial charge in [-0.2, -0.15) is 0 Å². The van der Waals surface area contributed by atoms with E-state index in [9.17, 15) is 14.4 Å². The molecule has 0 radical (unpaired) electrons. The molecule has 1 unspecified atom stereocenters. The molecule has 0 saturated carbocycles. The first-order chi connectivity index (χ1) is 13.4. The lowest BCUT2D eigenvalue weighted by Gasteiger charge is -2.35. The number of amides is 3. The molecule has 3 rings (SSSR count). The minimum atomic E-state index is -0.693. The first kappa shape index (κ1) is 19.5. The Morgan fingerprint density at radius 2 is 1.93 bits per heavy atom. The first-order valence-electron chi connectivity index (χ1n) is 9.43. The van der Waals surface area contributed by atoms with Gasteiger partial charge in [-0.1, -0.05) is 48.9 Å². The van der Waals surface area contributed by atoms with Gasteiger partial charge in [0.05, 0.1) is 5.41 Å².